The number of esters is 1. The van der Waals surface area contributed by atoms with E-state index in [2.05, 4.69) is 15.4 Å². The van der Waals surface area contributed by atoms with Crippen molar-refractivity contribution in [2.24, 2.45) is 0 Å². The number of rotatable bonds is 6. The Hall–Kier alpha value is -3.39. The highest BCUT2D eigenvalue weighted by Crippen LogP contribution is 2.18. The predicted molar refractivity (Wildman–Crippen MR) is 102 cm³/mol. The molecule has 28 heavy (non-hydrogen) atoms. The number of hydrogen-bond donors (Lipinski definition) is 2. The highest BCUT2D eigenvalue weighted by molar-refractivity contribution is 6.02. The molecule has 0 saturated carbocycles. The van der Waals surface area contributed by atoms with Crippen molar-refractivity contribution in [3.63, 3.8) is 0 Å². The number of amides is 2. The van der Waals surface area contributed by atoms with Crippen molar-refractivity contribution in [1.82, 2.24) is 0 Å². The van der Waals surface area contributed by atoms with Crippen LogP contribution in [0.15, 0.2) is 46.9 Å². The average Bonchev–Trinajstić information content (AvgIpc) is 3.39. The maximum atomic E-state index is 12.3. The van der Waals surface area contributed by atoms with Crippen LogP contribution in [0.25, 0.3) is 6.08 Å². The van der Waals surface area contributed by atoms with Crippen molar-refractivity contribution in [2.75, 3.05) is 24.4 Å². The van der Waals surface area contributed by atoms with Crippen LogP contribution in [-0.4, -0.2) is 37.6 Å². The van der Waals surface area contributed by atoms with Gasteiger partial charge in [-0.25, -0.2) is 4.79 Å². The molecule has 1 unspecified atom stereocenters. The van der Waals surface area contributed by atoms with Gasteiger partial charge in [-0.2, -0.15) is 0 Å². The van der Waals surface area contributed by atoms with E-state index in [1.807, 2.05) is 0 Å². The van der Waals surface area contributed by atoms with Gasteiger partial charge < -0.3 is 24.5 Å². The number of benzene rings is 1. The number of hydrogen-bond acceptors (Lipinski definition) is 6. The number of anilines is 2. The van der Waals surface area contributed by atoms with Gasteiger partial charge in [0.25, 0.3) is 11.8 Å². The standard InChI is InChI=1S/C20H20N2O6/c1-26-18(23)11-9-15-8-10-17(28-15)20(25)22-14-6-4-13(5-7-14)21-19(24)16-3-2-12-27-16/h4-11,16H,2-3,12H2,1H3,(H,21,24)(H,22,25)/b11-9+. The first-order valence-corrected chi connectivity index (χ1v) is 8.75. The number of carbonyl (C=O) groups is 3. The van der Waals surface area contributed by atoms with Crippen LogP contribution in [0, 0.1) is 0 Å². The average molecular weight is 384 g/mol. The molecule has 2 amide bonds. The number of carbonyl (C=O) groups excluding carboxylic acids is 3. The van der Waals surface area contributed by atoms with Crippen molar-refractivity contribution in [2.45, 2.75) is 18.9 Å². The van der Waals surface area contributed by atoms with Crippen LogP contribution in [0.1, 0.15) is 29.2 Å². The third kappa shape index (κ3) is 5.08. The van der Waals surface area contributed by atoms with Crippen molar-refractivity contribution < 1.29 is 28.3 Å². The summed E-state index contributed by atoms with van der Waals surface area (Å²) in [4.78, 5) is 35.4. The second kappa shape index (κ2) is 9.01. The highest BCUT2D eigenvalue weighted by atomic mass is 16.5. The van der Waals surface area contributed by atoms with Gasteiger partial charge in [0.2, 0.25) is 0 Å². The molecule has 2 aromatic rings. The second-order valence-electron chi connectivity index (χ2n) is 6.08. The fourth-order valence-corrected chi connectivity index (χ4v) is 2.62. The molecule has 2 heterocycles. The zero-order chi connectivity index (χ0) is 19.9. The Bertz CT molecular complexity index is 878. The van der Waals surface area contributed by atoms with E-state index in [0.29, 0.717) is 23.7 Å². The normalized spacial score (nSPS) is 16.1. The van der Waals surface area contributed by atoms with Crippen LogP contribution < -0.4 is 10.6 Å². The summed E-state index contributed by atoms with van der Waals surface area (Å²) in [6.45, 7) is 0.607. The topological polar surface area (TPSA) is 107 Å². The van der Waals surface area contributed by atoms with Crippen molar-refractivity contribution in [3.8, 4) is 0 Å². The van der Waals surface area contributed by atoms with Crippen LogP contribution in [0.2, 0.25) is 0 Å². The summed E-state index contributed by atoms with van der Waals surface area (Å²) >= 11 is 0. The van der Waals surface area contributed by atoms with E-state index in [4.69, 9.17) is 9.15 Å². The van der Waals surface area contributed by atoms with Gasteiger partial charge in [0.1, 0.15) is 11.9 Å². The molecule has 1 aromatic heterocycles. The van der Waals surface area contributed by atoms with E-state index in [0.717, 1.165) is 12.8 Å². The molecule has 3 rings (SSSR count). The zero-order valence-electron chi connectivity index (χ0n) is 15.3. The number of furan rings is 1. The zero-order valence-corrected chi connectivity index (χ0v) is 15.3. The van der Waals surface area contributed by atoms with E-state index >= 15 is 0 Å². The van der Waals surface area contributed by atoms with Gasteiger partial charge in [-0.1, -0.05) is 0 Å². The molecule has 1 atom stereocenters. The molecule has 1 saturated heterocycles. The fourth-order valence-electron chi connectivity index (χ4n) is 2.62. The molecule has 1 aliphatic rings. The molecule has 0 bridgehead atoms. The smallest absolute Gasteiger partial charge is 0.330 e. The fraction of sp³-hybridized carbons (Fsp3) is 0.250. The largest absolute Gasteiger partial charge is 0.466 e. The molecule has 0 radical (unpaired) electrons. The maximum absolute atomic E-state index is 12.3. The first-order valence-electron chi connectivity index (χ1n) is 8.75. The molecular formula is C20H20N2O6. The molecule has 0 spiro atoms. The van der Waals surface area contributed by atoms with Crippen molar-refractivity contribution in [1.29, 1.82) is 0 Å². The molecule has 146 valence electrons. The Morgan fingerprint density at radius 2 is 1.79 bits per heavy atom. The predicted octanol–water partition coefficient (Wildman–Crippen LogP) is 2.84. The van der Waals surface area contributed by atoms with Gasteiger partial charge in [0.15, 0.2) is 5.76 Å². The van der Waals surface area contributed by atoms with Gasteiger partial charge in [0, 0.05) is 24.1 Å². The summed E-state index contributed by atoms with van der Waals surface area (Å²) in [6, 6.07) is 9.79. The van der Waals surface area contributed by atoms with Crippen LogP contribution in [0.4, 0.5) is 11.4 Å². The lowest BCUT2D eigenvalue weighted by Gasteiger charge is -2.11. The Morgan fingerprint density at radius 3 is 2.43 bits per heavy atom. The van der Waals surface area contributed by atoms with Crippen molar-refractivity contribution >= 4 is 35.2 Å². The number of nitrogens with one attached hydrogen (secondary N) is 2. The van der Waals surface area contributed by atoms with E-state index in [1.165, 1.54) is 25.3 Å². The Morgan fingerprint density at radius 1 is 1.07 bits per heavy atom. The summed E-state index contributed by atoms with van der Waals surface area (Å²) in [5, 5.41) is 5.48. The third-order valence-electron chi connectivity index (χ3n) is 4.07. The van der Waals surface area contributed by atoms with Crippen LogP contribution in [0.3, 0.4) is 0 Å². The lowest BCUT2D eigenvalue weighted by atomic mass is 10.2. The number of ether oxygens (including phenoxy) is 2. The van der Waals surface area contributed by atoms with Gasteiger partial charge in [-0.3, -0.25) is 9.59 Å². The van der Waals surface area contributed by atoms with Crippen LogP contribution in [-0.2, 0) is 19.1 Å². The molecule has 1 fully saturated rings. The summed E-state index contributed by atoms with van der Waals surface area (Å²) < 4.78 is 15.2. The summed E-state index contributed by atoms with van der Waals surface area (Å²) in [5.41, 5.74) is 1.16. The molecule has 0 aliphatic carbocycles. The van der Waals surface area contributed by atoms with E-state index in [1.54, 1.807) is 30.3 Å². The molecular weight excluding hydrogens is 364 g/mol. The van der Waals surface area contributed by atoms with Crippen LogP contribution in [0.5, 0.6) is 0 Å². The van der Waals surface area contributed by atoms with Gasteiger partial charge in [-0.05, 0) is 55.3 Å². The van der Waals surface area contributed by atoms with Gasteiger partial charge >= 0.3 is 5.97 Å². The lowest BCUT2D eigenvalue weighted by Crippen LogP contribution is -2.26. The second-order valence-corrected chi connectivity index (χ2v) is 6.08. The van der Waals surface area contributed by atoms with Gasteiger partial charge in [0.05, 0.1) is 7.11 Å². The highest BCUT2D eigenvalue weighted by Gasteiger charge is 2.23. The third-order valence-corrected chi connectivity index (χ3v) is 4.07. The molecule has 1 aromatic carbocycles. The number of methoxy groups -OCH3 is 1. The monoisotopic (exact) mass is 384 g/mol. The van der Waals surface area contributed by atoms with Crippen LogP contribution >= 0.6 is 0 Å². The first-order chi connectivity index (χ1) is 13.5. The van der Waals surface area contributed by atoms with E-state index < -0.39 is 18.0 Å². The van der Waals surface area contributed by atoms with Crippen molar-refractivity contribution in [3.05, 3.63) is 54.0 Å². The molecule has 1 aliphatic heterocycles. The maximum Gasteiger partial charge on any atom is 0.330 e. The first kappa shape index (κ1) is 19.4. The van der Waals surface area contributed by atoms with Gasteiger partial charge in [-0.15, -0.1) is 0 Å². The molecule has 2 N–H and O–H groups in total. The minimum atomic E-state index is -0.519. The Kier molecular flexibility index (Phi) is 6.23. The minimum Gasteiger partial charge on any atom is -0.466 e. The van der Waals surface area contributed by atoms with E-state index in [9.17, 15) is 14.4 Å². The molecule has 8 heteroatoms. The SMILES string of the molecule is COC(=O)/C=C/c1ccc(C(=O)Nc2ccc(NC(=O)C3CCCO3)cc2)o1. The molecule has 8 nitrogen and oxygen atoms in total. The quantitative estimate of drug-likeness (QED) is 0.586. The minimum absolute atomic E-state index is 0.0975. The van der Waals surface area contributed by atoms with E-state index in [-0.39, 0.29) is 11.7 Å². The Balaban J connectivity index is 1.55. The summed E-state index contributed by atoms with van der Waals surface area (Å²) in [7, 11) is 1.27. The summed E-state index contributed by atoms with van der Waals surface area (Å²) in [5.74, 6) is -0.677. The lowest BCUT2D eigenvalue weighted by molar-refractivity contribution is -0.134. The summed E-state index contributed by atoms with van der Waals surface area (Å²) in [6.07, 6.45) is 3.81. The Labute approximate surface area is 161 Å².